The number of pyridine rings is 2. The first kappa shape index (κ1) is 11.6. The van der Waals surface area contributed by atoms with E-state index < -0.39 is 0 Å². The Kier molecular flexibility index (Phi) is 2.67. The number of hydrogen-bond donors (Lipinski definition) is 1. The van der Waals surface area contributed by atoms with Crippen LogP contribution in [0.25, 0.3) is 11.2 Å². The number of nitrogen functional groups attached to an aromatic ring is 1. The average molecular weight is 253 g/mol. The van der Waals surface area contributed by atoms with E-state index in [1.54, 1.807) is 6.20 Å². The summed E-state index contributed by atoms with van der Waals surface area (Å²) >= 11 is 0. The van der Waals surface area contributed by atoms with Crippen molar-refractivity contribution in [2.24, 2.45) is 0 Å². The molecule has 3 heterocycles. The van der Waals surface area contributed by atoms with Crippen molar-refractivity contribution in [3.8, 4) is 0 Å². The smallest absolute Gasteiger partial charge is 0.203 e. The maximum Gasteiger partial charge on any atom is 0.203 e. The van der Waals surface area contributed by atoms with Crippen molar-refractivity contribution in [1.29, 1.82) is 0 Å². The van der Waals surface area contributed by atoms with Gasteiger partial charge in [0.05, 0.1) is 11.7 Å². The SMILES string of the molecule is Cc1ccc2nc(N)n(C(C)c3ccccn3)c2n1. The molecule has 19 heavy (non-hydrogen) atoms. The van der Waals surface area contributed by atoms with Gasteiger partial charge >= 0.3 is 0 Å². The molecule has 0 amide bonds. The second-order valence-corrected chi connectivity index (χ2v) is 4.57. The van der Waals surface area contributed by atoms with E-state index in [4.69, 9.17) is 5.73 Å². The molecule has 96 valence electrons. The van der Waals surface area contributed by atoms with Gasteiger partial charge in [0.1, 0.15) is 5.52 Å². The molecular weight excluding hydrogens is 238 g/mol. The molecule has 0 aliphatic rings. The molecule has 0 aliphatic heterocycles. The molecule has 0 aromatic carbocycles. The minimum Gasteiger partial charge on any atom is -0.369 e. The number of rotatable bonds is 2. The van der Waals surface area contributed by atoms with Gasteiger partial charge in [0, 0.05) is 11.9 Å². The predicted octanol–water partition coefficient (Wildman–Crippen LogP) is 2.33. The third-order valence-corrected chi connectivity index (χ3v) is 3.21. The lowest BCUT2D eigenvalue weighted by molar-refractivity contribution is 0.642. The van der Waals surface area contributed by atoms with Gasteiger partial charge in [-0.3, -0.25) is 9.55 Å². The molecule has 3 aromatic rings. The largest absolute Gasteiger partial charge is 0.369 e. The van der Waals surface area contributed by atoms with Crippen LogP contribution in [0.4, 0.5) is 5.95 Å². The Morgan fingerprint density at radius 2 is 2.00 bits per heavy atom. The average Bonchev–Trinajstić information content (AvgIpc) is 2.74. The number of nitrogens with zero attached hydrogens (tertiary/aromatic N) is 4. The van der Waals surface area contributed by atoms with Gasteiger partial charge in [0.2, 0.25) is 5.95 Å². The van der Waals surface area contributed by atoms with Crippen LogP contribution in [0, 0.1) is 6.92 Å². The molecule has 0 aliphatic carbocycles. The second-order valence-electron chi connectivity index (χ2n) is 4.57. The third-order valence-electron chi connectivity index (χ3n) is 3.21. The standard InChI is InChI=1S/C14H15N5/c1-9-6-7-12-13(17-9)19(14(15)18-12)10(2)11-5-3-4-8-16-11/h3-8,10H,1-2H3,(H2,15,18). The van der Waals surface area contributed by atoms with Crippen molar-refractivity contribution >= 4 is 17.1 Å². The summed E-state index contributed by atoms with van der Waals surface area (Å²) in [6.07, 6.45) is 1.78. The van der Waals surface area contributed by atoms with Gasteiger partial charge in [0.25, 0.3) is 0 Å². The lowest BCUT2D eigenvalue weighted by Crippen LogP contribution is -2.12. The summed E-state index contributed by atoms with van der Waals surface area (Å²) in [7, 11) is 0. The Labute approximate surface area is 111 Å². The van der Waals surface area contributed by atoms with Crippen LogP contribution in [0.3, 0.4) is 0 Å². The number of nitrogens with two attached hydrogens (primary N) is 1. The van der Waals surface area contributed by atoms with Crippen LogP contribution in [-0.2, 0) is 0 Å². The quantitative estimate of drug-likeness (QED) is 0.761. The molecule has 0 saturated carbocycles. The van der Waals surface area contributed by atoms with E-state index >= 15 is 0 Å². The van der Waals surface area contributed by atoms with Gasteiger partial charge in [-0.1, -0.05) is 6.07 Å². The first-order chi connectivity index (χ1) is 9.16. The fourth-order valence-electron chi connectivity index (χ4n) is 2.22. The van der Waals surface area contributed by atoms with Crippen molar-refractivity contribution < 1.29 is 0 Å². The van der Waals surface area contributed by atoms with Crippen LogP contribution in [0.2, 0.25) is 0 Å². The number of aryl methyl sites for hydroxylation is 1. The van der Waals surface area contributed by atoms with Gasteiger partial charge in [-0.25, -0.2) is 9.97 Å². The van der Waals surface area contributed by atoms with Crippen molar-refractivity contribution in [3.05, 3.63) is 47.9 Å². The van der Waals surface area contributed by atoms with Crippen molar-refractivity contribution in [1.82, 2.24) is 19.5 Å². The first-order valence-corrected chi connectivity index (χ1v) is 6.19. The molecule has 0 bridgehead atoms. The fourth-order valence-corrected chi connectivity index (χ4v) is 2.22. The summed E-state index contributed by atoms with van der Waals surface area (Å²) in [4.78, 5) is 13.3. The number of aromatic nitrogens is 4. The summed E-state index contributed by atoms with van der Waals surface area (Å²) < 4.78 is 1.92. The lowest BCUT2D eigenvalue weighted by Gasteiger charge is -2.14. The first-order valence-electron chi connectivity index (χ1n) is 6.19. The van der Waals surface area contributed by atoms with E-state index in [2.05, 4.69) is 15.0 Å². The third kappa shape index (κ3) is 1.93. The topological polar surface area (TPSA) is 69.6 Å². The number of imidazole rings is 1. The maximum atomic E-state index is 6.03. The van der Waals surface area contributed by atoms with Gasteiger partial charge in [0.15, 0.2) is 5.65 Å². The van der Waals surface area contributed by atoms with Crippen molar-refractivity contribution in [2.75, 3.05) is 5.73 Å². The van der Waals surface area contributed by atoms with E-state index in [0.717, 1.165) is 22.6 Å². The molecule has 1 atom stereocenters. The van der Waals surface area contributed by atoms with Crippen LogP contribution in [-0.4, -0.2) is 19.5 Å². The minimum atomic E-state index is 0.000463. The van der Waals surface area contributed by atoms with E-state index in [1.165, 1.54) is 0 Å². The maximum absolute atomic E-state index is 6.03. The Morgan fingerprint density at radius 3 is 2.74 bits per heavy atom. The van der Waals surface area contributed by atoms with Crippen LogP contribution < -0.4 is 5.73 Å². The zero-order valence-corrected chi connectivity index (χ0v) is 10.9. The summed E-state index contributed by atoms with van der Waals surface area (Å²) in [5.41, 5.74) is 9.53. The summed E-state index contributed by atoms with van der Waals surface area (Å²) in [6, 6.07) is 9.72. The minimum absolute atomic E-state index is 0.000463. The number of anilines is 1. The van der Waals surface area contributed by atoms with Crippen LogP contribution in [0.15, 0.2) is 36.5 Å². The van der Waals surface area contributed by atoms with E-state index in [9.17, 15) is 0 Å². The molecule has 3 aromatic heterocycles. The highest BCUT2D eigenvalue weighted by molar-refractivity contribution is 5.74. The van der Waals surface area contributed by atoms with E-state index in [0.29, 0.717) is 5.95 Å². The molecular formula is C14H15N5. The molecule has 0 fully saturated rings. The fraction of sp³-hybridized carbons (Fsp3) is 0.214. The van der Waals surface area contributed by atoms with Crippen LogP contribution >= 0.6 is 0 Å². The Morgan fingerprint density at radius 1 is 1.16 bits per heavy atom. The molecule has 5 heteroatoms. The Balaban J connectivity index is 2.19. The second kappa shape index (κ2) is 4.35. The van der Waals surface area contributed by atoms with Crippen molar-refractivity contribution in [3.63, 3.8) is 0 Å². The molecule has 3 rings (SSSR count). The van der Waals surface area contributed by atoms with Gasteiger partial charge in [-0.2, -0.15) is 0 Å². The lowest BCUT2D eigenvalue weighted by atomic mass is 10.2. The van der Waals surface area contributed by atoms with Crippen molar-refractivity contribution in [2.45, 2.75) is 19.9 Å². The molecule has 0 spiro atoms. The van der Waals surface area contributed by atoms with Crippen LogP contribution in [0.1, 0.15) is 24.4 Å². The van der Waals surface area contributed by atoms with Gasteiger partial charge < -0.3 is 5.73 Å². The Hall–Kier alpha value is -2.43. The van der Waals surface area contributed by atoms with E-state index in [-0.39, 0.29) is 6.04 Å². The summed E-state index contributed by atoms with van der Waals surface area (Å²) in [6.45, 7) is 4.00. The Bertz CT molecular complexity index is 717. The zero-order chi connectivity index (χ0) is 13.4. The molecule has 0 radical (unpaired) electrons. The highest BCUT2D eigenvalue weighted by Gasteiger charge is 2.17. The number of fused-ring (bicyclic) bond motifs is 1. The number of hydrogen-bond acceptors (Lipinski definition) is 4. The molecule has 1 unspecified atom stereocenters. The molecule has 0 saturated heterocycles. The monoisotopic (exact) mass is 253 g/mol. The molecule has 2 N–H and O–H groups in total. The van der Waals surface area contributed by atoms with E-state index in [1.807, 2.05) is 48.7 Å². The summed E-state index contributed by atoms with van der Waals surface area (Å²) in [5.74, 6) is 0.464. The highest BCUT2D eigenvalue weighted by Crippen LogP contribution is 2.25. The summed E-state index contributed by atoms with van der Waals surface area (Å²) in [5, 5.41) is 0. The highest BCUT2D eigenvalue weighted by atomic mass is 15.2. The van der Waals surface area contributed by atoms with Gasteiger partial charge in [-0.15, -0.1) is 0 Å². The molecule has 5 nitrogen and oxygen atoms in total. The van der Waals surface area contributed by atoms with Gasteiger partial charge in [-0.05, 0) is 38.1 Å². The normalized spacial score (nSPS) is 12.7. The zero-order valence-electron chi connectivity index (χ0n) is 10.9. The predicted molar refractivity (Wildman–Crippen MR) is 74.7 cm³/mol. The van der Waals surface area contributed by atoms with Crippen LogP contribution in [0.5, 0.6) is 0 Å².